The van der Waals surface area contributed by atoms with E-state index in [2.05, 4.69) is 5.10 Å². The number of hydrogen-bond acceptors (Lipinski definition) is 4. The first-order valence-electron chi connectivity index (χ1n) is 9.31. The highest BCUT2D eigenvalue weighted by Crippen LogP contribution is 2.18. The topological polar surface area (TPSA) is 61.3 Å². The average Bonchev–Trinajstić information content (AvgIpc) is 3.33. The Morgan fingerprint density at radius 3 is 2.48 bits per heavy atom. The molecule has 7 heteroatoms. The van der Waals surface area contributed by atoms with Crippen molar-refractivity contribution in [2.75, 3.05) is 0 Å². The van der Waals surface area contributed by atoms with Crippen LogP contribution in [0, 0.1) is 6.92 Å². The van der Waals surface area contributed by atoms with E-state index in [-0.39, 0.29) is 11.2 Å². The summed E-state index contributed by atoms with van der Waals surface area (Å²) in [6.07, 6.45) is 0. The van der Waals surface area contributed by atoms with Gasteiger partial charge in [-0.05, 0) is 35.1 Å². The molecule has 0 unspecified atom stereocenters. The van der Waals surface area contributed by atoms with Crippen molar-refractivity contribution in [1.82, 2.24) is 18.7 Å². The Hall–Kier alpha value is -3.45. The molecule has 144 valence electrons. The van der Waals surface area contributed by atoms with Gasteiger partial charge in [-0.15, -0.1) is 16.4 Å². The zero-order valence-corrected chi connectivity index (χ0v) is 16.6. The molecule has 0 saturated carbocycles. The first kappa shape index (κ1) is 17.6. The van der Waals surface area contributed by atoms with Crippen LogP contribution in [0.2, 0.25) is 0 Å². The van der Waals surface area contributed by atoms with E-state index >= 15 is 0 Å². The number of aryl methyl sites for hydroxylation is 1. The Labute approximate surface area is 169 Å². The molecule has 0 fully saturated rings. The summed E-state index contributed by atoms with van der Waals surface area (Å²) in [6.45, 7) is 2.73. The number of nitrogens with zero attached hydrogens (tertiary/aromatic N) is 4. The maximum atomic E-state index is 13.2. The lowest BCUT2D eigenvalue weighted by molar-refractivity contribution is 0.652. The fourth-order valence-electron chi connectivity index (χ4n) is 3.59. The van der Waals surface area contributed by atoms with E-state index in [4.69, 9.17) is 0 Å². The number of benzene rings is 2. The minimum atomic E-state index is -0.242. The number of aromatic nitrogens is 4. The molecule has 29 heavy (non-hydrogen) atoms. The summed E-state index contributed by atoms with van der Waals surface area (Å²) in [4.78, 5) is 26.4. The standard InChI is InChI=1S/C22H18N4O2S/c1-15-7-5-6-10-17(15)14-25-22(28)26-18-11-12-29-19(18)20(27)24(21(26)23-25)13-16-8-3-2-4-9-16/h2-12H,13-14H2,1H3. The first-order valence-corrected chi connectivity index (χ1v) is 10.2. The molecule has 0 aliphatic carbocycles. The van der Waals surface area contributed by atoms with E-state index < -0.39 is 0 Å². The van der Waals surface area contributed by atoms with Gasteiger partial charge < -0.3 is 0 Å². The van der Waals surface area contributed by atoms with Crippen molar-refractivity contribution in [3.63, 3.8) is 0 Å². The maximum Gasteiger partial charge on any atom is 0.352 e. The monoisotopic (exact) mass is 402 g/mol. The molecule has 0 spiro atoms. The van der Waals surface area contributed by atoms with Crippen LogP contribution >= 0.6 is 11.3 Å². The summed E-state index contributed by atoms with van der Waals surface area (Å²) in [5.41, 5.74) is 3.34. The van der Waals surface area contributed by atoms with E-state index in [1.165, 1.54) is 16.0 Å². The van der Waals surface area contributed by atoms with Gasteiger partial charge in [0.25, 0.3) is 5.56 Å². The summed E-state index contributed by atoms with van der Waals surface area (Å²) in [5, 5.41) is 6.41. The third-order valence-electron chi connectivity index (χ3n) is 5.15. The lowest BCUT2D eigenvalue weighted by Gasteiger charge is -2.07. The Balaban J connectivity index is 1.76. The molecule has 6 nitrogen and oxygen atoms in total. The molecule has 3 heterocycles. The second-order valence-corrected chi connectivity index (χ2v) is 7.93. The Bertz CT molecular complexity index is 1460. The van der Waals surface area contributed by atoms with Gasteiger partial charge in [-0.25, -0.2) is 13.9 Å². The van der Waals surface area contributed by atoms with Crippen molar-refractivity contribution >= 4 is 27.3 Å². The molecule has 0 bridgehead atoms. The molecule has 0 aliphatic rings. The average molecular weight is 402 g/mol. The fourth-order valence-corrected chi connectivity index (χ4v) is 4.42. The fraction of sp³-hybridized carbons (Fsp3) is 0.136. The third-order valence-corrected chi connectivity index (χ3v) is 6.04. The SMILES string of the molecule is Cc1ccccc1Cn1nc2n(Cc3ccccc3)c(=O)c3sccc3n2c1=O. The summed E-state index contributed by atoms with van der Waals surface area (Å²) in [5.74, 6) is 0.364. The molecule has 3 aromatic heterocycles. The van der Waals surface area contributed by atoms with Crippen molar-refractivity contribution < 1.29 is 0 Å². The highest BCUT2D eigenvalue weighted by atomic mass is 32.1. The number of rotatable bonds is 4. The van der Waals surface area contributed by atoms with Gasteiger partial charge in [0.1, 0.15) is 4.70 Å². The molecule has 0 N–H and O–H groups in total. The van der Waals surface area contributed by atoms with Crippen LogP contribution in [0.1, 0.15) is 16.7 Å². The number of hydrogen-bond donors (Lipinski definition) is 0. The summed E-state index contributed by atoms with van der Waals surface area (Å²) >= 11 is 1.35. The lowest BCUT2D eigenvalue weighted by atomic mass is 10.1. The van der Waals surface area contributed by atoms with E-state index in [0.29, 0.717) is 29.1 Å². The predicted octanol–water partition coefficient (Wildman–Crippen LogP) is 3.28. The van der Waals surface area contributed by atoms with Crippen molar-refractivity contribution in [2.45, 2.75) is 20.0 Å². The molecule has 0 radical (unpaired) electrons. The van der Waals surface area contributed by atoms with E-state index in [1.54, 1.807) is 8.97 Å². The van der Waals surface area contributed by atoms with E-state index in [9.17, 15) is 9.59 Å². The van der Waals surface area contributed by atoms with Gasteiger partial charge in [-0.1, -0.05) is 54.6 Å². The van der Waals surface area contributed by atoms with Gasteiger partial charge in [0.15, 0.2) is 0 Å². The maximum absolute atomic E-state index is 13.2. The van der Waals surface area contributed by atoms with Gasteiger partial charge in [0.05, 0.1) is 18.6 Å². The minimum Gasteiger partial charge on any atom is -0.271 e. The predicted molar refractivity (Wildman–Crippen MR) is 115 cm³/mol. The van der Waals surface area contributed by atoms with Crippen molar-refractivity contribution in [2.24, 2.45) is 0 Å². The van der Waals surface area contributed by atoms with Gasteiger partial charge in [0.2, 0.25) is 5.78 Å². The summed E-state index contributed by atoms with van der Waals surface area (Å²) in [6, 6.07) is 19.5. The molecule has 0 amide bonds. The van der Waals surface area contributed by atoms with Crippen molar-refractivity contribution in [1.29, 1.82) is 0 Å². The van der Waals surface area contributed by atoms with Crippen LogP contribution in [0.25, 0.3) is 16.0 Å². The van der Waals surface area contributed by atoms with Crippen molar-refractivity contribution in [3.8, 4) is 0 Å². The second-order valence-electron chi connectivity index (χ2n) is 7.01. The van der Waals surface area contributed by atoms with Gasteiger partial charge in [-0.3, -0.25) is 9.36 Å². The molecule has 0 atom stereocenters. The largest absolute Gasteiger partial charge is 0.352 e. The molecule has 5 rings (SSSR count). The smallest absolute Gasteiger partial charge is 0.271 e. The highest BCUT2D eigenvalue weighted by Gasteiger charge is 2.18. The van der Waals surface area contributed by atoms with Gasteiger partial charge >= 0.3 is 5.69 Å². The summed E-state index contributed by atoms with van der Waals surface area (Å²) < 4.78 is 5.14. The van der Waals surface area contributed by atoms with Crippen LogP contribution in [-0.4, -0.2) is 18.7 Å². The molecular weight excluding hydrogens is 384 g/mol. The molecule has 2 aromatic carbocycles. The molecule has 0 aliphatic heterocycles. The second kappa shape index (κ2) is 6.86. The molecule has 5 aromatic rings. The number of thiophene rings is 1. The van der Waals surface area contributed by atoms with Crippen molar-refractivity contribution in [3.05, 3.63) is 104 Å². The van der Waals surface area contributed by atoms with Crippen LogP contribution < -0.4 is 11.2 Å². The van der Waals surface area contributed by atoms with Gasteiger partial charge in [-0.2, -0.15) is 0 Å². The Kier molecular flexibility index (Phi) is 4.17. The summed E-state index contributed by atoms with van der Waals surface area (Å²) in [7, 11) is 0. The van der Waals surface area contributed by atoms with Crippen LogP contribution in [0.3, 0.4) is 0 Å². The van der Waals surface area contributed by atoms with E-state index in [0.717, 1.165) is 16.7 Å². The normalized spacial score (nSPS) is 11.5. The minimum absolute atomic E-state index is 0.126. The lowest BCUT2D eigenvalue weighted by Crippen LogP contribution is -2.26. The number of fused-ring (bicyclic) bond motifs is 3. The van der Waals surface area contributed by atoms with Crippen LogP contribution in [0.5, 0.6) is 0 Å². The van der Waals surface area contributed by atoms with Crippen LogP contribution in [0.15, 0.2) is 75.6 Å². The third kappa shape index (κ3) is 2.91. The molecule has 0 saturated heterocycles. The zero-order chi connectivity index (χ0) is 20.0. The highest BCUT2D eigenvalue weighted by molar-refractivity contribution is 7.17. The quantitative estimate of drug-likeness (QED) is 0.464. The van der Waals surface area contributed by atoms with Crippen LogP contribution in [0.4, 0.5) is 0 Å². The van der Waals surface area contributed by atoms with Gasteiger partial charge in [0, 0.05) is 0 Å². The Morgan fingerprint density at radius 1 is 0.931 bits per heavy atom. The zero-order valence-electron chi connectivity index (χ0n) is 15.8. The molecular formula is C22H18N4O2S. The Morgan fingerprint density at radius 2 is 1.69 bits per heavy atom. The van der Waals surface area contributed by atoms with E-state index in [1.807, 2.05) is 73.0 Å². The first-order chi connectivity index (χ1) is 14.1. The van der Waals surface area contributed by atoms with Crippen LogP contribution in [-0.2, 0) is 13.1 Å².